The quantitative estimate of drug-likeness (QED) is 0.855. The van der Waals surface area contributed by atoms with Gasteiger partial charge in [0.05, 0.1) is 6.61 Å². The van der Waals surface area contributed by atoms with E-state index in [0.29, 0.717) is 5.56 Å². The molecular formula is C15H15FO. The fourth-order valence-electron chi connectivity index (χ4n) is 1.91. The summed E-state index contributed by atoms with van der Waals surface area (Å²) in [6.45, 7) is -0.508. The topological polar surface area (TPSA) is 20.2 Å². The van der Waals surface area contributed by atoms with E-state index in [1.165, 1.54) is 0 Å². The Bertz CT molecular complexity index is 455. The molecule has 0 fully saturated rings. The van der Waals surface area contributed by atoms with E-state index in [2.05, 4.69) is 0 Å². The highest BCUT2D eigenvalue weighted by Crippen LogP contribution is 2.29. The van der Waals surface area contributed by atoms with Crippen LogP contribution in [0.1, 0.15) is 11.1 Å². The Kier molecular flexibility index (Phi) is 3.55. The molecule has 0 aliphatic carbocycles. The van der Waals surface area contributed by atoms with Gasteiger partial charge in [-0.05, 0) is 11.1 Å². The van der Waals surface area contributed by atoms with Crippen molar-refractivity contribution in [1.29, 1.82) is 0 Å². The van der Waals surface area contributed by atoms with Crippen molar-refractivity contribution < 1.29 is 9.50 Å². The smallest absolute Gasteiger partial charge is 0.162 e. The van der Waals surface area contributed by atoms with Crippen LogP contribution in [-0.2, 0) is 12.1 Å². The summed E-state index contributed by atoms with van der Waals surface area (Å²) >= 11 is 0. The van der Waals surface area contributed by atoms with Crippen LogP contribution in [0.15, 0.2) is 60.7 Å². The molecule has 0 radical (unpaired) electrons. The predicted octanol–water partition coefficient (Wildman–Crippen LogP) is 3.09. The van der Waals surface area contributed by atoms with E-state index in [1.807, 2.05) is 36.4 Å². The van der Waals surface area contributed by atoms with Crippen LogP contribution in [0, 0.1) is 0 Å². The Labute approximate surface area is 101 Å². The predicted molar refractivity (Wildman–Crippen MR) is 66.5 cm³/mol. The Morgan fingerprint density at radius 3 is 1.94 bits per heavy atom. The van der Waals surface area contributed by atoms with Gasteiger partial charge in [0.25, 0.3) is 0 Å². The highest BCUT2D eigenvalue weighted by atomic mass is 19.1. The number of rotatable bonds is 4. The van der Waals surface area contributed by atoms with Crippen molar-refractivity contribution >= 4 is 0 Å². The lowest BCUT2D eigenvalue weighted by atomic mass is 9.90. The highest BCUT2D eigenvalue weighted by Gasteiger charge is 2.31. The molecule has 0 spiro atoms. The summed E-state index contributed by atoms with van der Waals surface area (Å²) < 4.78 is 14.7. The maximum Gasteiger partial charge on any atom is 0.162 e. The van der Waals surface area contributed by atoms with Gasteiger partial charge in [-0.15, -0.1) is 0 Å². The Morgan fingerprint density at radius 2 is 1.41 bits per heavy atom. The minimum Gasteiger partial charge on any atom is -0.393 e. The fourth-order valence-corrected chi connectivity index (χ4v) is 1.91. The van der Waals surface area contributed by atoms with Crippen LogP contribution in [0.5, 0.6) is 0 Å². The summed E-state index contributed by atoms with van der Waals surface area (Å²) in [5.41, 5.74) is -0.304. The highest BCUT2D eigenvalue weighted by molar-refractivity contribution is 5.27. The van der Waals surface area contributed by atoms with E-state index in [-0.39, 0.29) is 6.42 Å². The third kappa shape index (κ3) is 2.71. The second-order valence-electron chi connectivity index (χ2n) is 4.15. The first-order valence-electron chi connectivity index (χ1n) is 5.64. The van der Waals surface area contributed by atoms with Gasteiger partial charge in [0.15, 0.2) is 5.67 Å². The molecule has 1 unspecified atom stereocenters. The maximum absolute atomic E-state index is 14.7. The zero-order chi connectivity index (χ0) is 12.1. The number of aliphatic hydroxyl groups excluding tert-OH is 1. The van der Waals surface area contributed by atoms with Gasteiger partial charge >= 0.3 is 0 Å². The van der Waals surface area contributed by atoms with Gasteiger partial charge in [-0.25, -0.2) is 4.39 Å². The molecule has 2 heteroatoms. The average molecular weight is 230 g/mol. The molecule has 0 bridgehead atoms. The van der Waals surface area contributed by atoms with Crippen LogP contribution in [0.2, 0.25) is 0 Å². The van der Waals surface area contributed by atoms with Crippen LogP contribution in [0.3, 0.4) is 0 Å². The van der Waals surface area contributed by atoms with E-state index in [0.717, 1.165) is 5.56 Å². The van der Waals surface area contributed by atoms with Crippen LogP contribution in [-0.4, -0.2) is 11.7 Å². The molecule has 2 rings (SSSR count). The summed E-state index contributed by atoms with van der Waals surface area (Å²) in [4.78, 5) is 0. The van der Waals surface area contributed by atoms with Crippen LogP contribution in [0.25, 0.3) is 0 Å². The number of alkyl halides is 1. The molecule has 88 valence electrons. The van der Waals surface area contributed by atoms with E-state index < -0.39 is 12.3 Å². The lowest BCUT2D eigenvalue weighted by Gasteiger charge is -2.23. The van der Waals surface area contributed by atoms with Crippen LogP contribution >= 0.6 is 0 Å². The third-order valence-electron chi connectivity index (χ3n) is 2.87. The second-order valence-corrected chi connectivity index (χ2v) is 4.15. The Hall–Kier alpha value is -1.67. The summed E-state index contributed by atoms with van der Waals surface area (Å²) in [5, 5.41) is 9.33. The van der Waals surface area contributed by atoms with Gasteiger partial charge in [-0.3, -0.25) is 0 Å². The minimum atomic E-state index is -1.71. The summed E-state index contributed by atoms with van der Waals surface area (Å²) in [6, 6.07) is 18.2. The lowest BCUT2D eigenvalue weighted by molar-refractivity contribution is 0.0688. The van der Waals surface area contributed by atoms with Crippen molar-refractivity contribution in [1.82, 2.24) is 0 Å². The van der Waals surface area contributed by atoms with Gasteiger partial charge in [-0.1, -0.05) is 60.7 Å². The first-order chi connectivity index (χ1) is 8.24. The van der Waals surface area contributed by atoms with Gasteiger partial charge in [0.2, 0.25) is 0 Å². The van der Waals surface area contributed by atoms with E-state index in [9.17, 15) is 9.50 Å². The lowest BCUT2D eigenvalue weighted by Crippen LogP contribution is -2.27. The van der Waals surface area contributed by atoms with E-state index in [1.54, 1.807) is 24.3 Å². The average Bonchev–Trinajstić information content (AvgIpc) is 2.41. The number of aliphatic hydroxyl groups is 1. The van der Waals surface area contributed by atoms with Crippen LogP contribution < -0.4 is 0 Å². The first-order valence-corrected chi connectivity index (χ1v) is 5.64. The molecular weight excluding hydrogens is 215 g/mol. The number of halogens is 1. The van der Waals surface area contributed by atoms with Crippen molar-refractivity contribution in [3.05, 3.63) is 71.8 Å². The van der Waals surface area contributed by atoms with Gasteiger partial charge in [0.1, 0.15) is 0 Å². The van der Waals surface area contributed by atoms with Gasteiger partial charge < -0.3 is 5.11 Å². The molecule has 0 heterocycles. The molecule has 2 aromatic carbocycles. The minimum absolute atomic E-state index is 0.189. The van der Waals surface area contributed by atoms with E-state index in [4.69, 9.17) is 0 Å². The molecule has 0 aliphatic heterocycles. The Balaban J connectivity index is 2.27. The van der Waals surface area contributed by atoms with Crippen molar-refractivity contribution in [3.63, 3.8) is 0 Å². The third-order valence-corrected chi connectivity index (χ3v) is 2.87. The van der Waals surface area contributed by atoms with Gasteiger partial charge in [-0.2, -0.15) is 0 Å². The van der Waals surface area contributed by atoms with Crippen LogP contribution in [0.4, 0.5) is 4.39 Å². The second kappa shape index (κ2) is 5.11. The van der Waals surface area contributed by atoms with E-state index >= 15 is 0 Å². The van der Waals surface area contributed by atoms with Gasteiger partial charge in [0, 0.05) is 6.42 Å². The summed E-state index contributed by atoms with van der Waals surface area (Å²) in [7, 11) is 0. The number of hydrogen-bond acceptors (Lipinski definition) is 1. The van der Waals surface area contributed by atoms with Crippen molar-refractivity contribution in [3.8, 4) is 0 Å². The molecule has 1 N–H and O–H groups in total. The molecule has 0 saturated carbocycles. The zero-order valence-corrected chi connectivity index (χ0v) is 9.51. The molecule has 0 aromatic heterocycles. The number of benzene rings is 2. The largest absolute Gasteiger partial charge is 0.393 e. The molecule has 0 saturated heterocycles. The van der Waals surface area contributed by atoms with Crippen molar-refractivity contribution in [2.45, 2.75) is 12.1 Å². The molecule has 1 nitrogen and oxygen atoms in total. The zero-order valence-electron chi connectivity index (χ0n) is 9.51. The normalized spacial score (nSPS) is 14.2. The SMILES string of the molecule is OCC(F)(Cc1ccccc1)c1ccccc1. The monoisotopic (exact) mass is 230 g/mol. The fraction of sp³-hybridized carbons (Fsp3) is 0.200. The summed E-state index contributed by atoms with van der Waals surface area (Å²) in [6.07, 6.45) is 0.189. The molecule has 0 aliphatic rings. The van der Waals surface area contributed by atoms with Crippen molar-refractivity contribution in [2.24, 2.45) is 0 Å². The molecule has 0 amide bonds. The summed E-state index contributed by atoms with van der Waals surface area (Å²) in [5.74, 6) is 0. The molecule has 17 heavy (non-hydrogen) atoms. The van der Waals surface area contributed by atoms with Crippen molar-refractivity contribution in [2.75, 3.05) is 6.61 Å². The standard InChI is InChI=1S/C15H15FO/c16-15(12-17,14-9-5-2-6-10-14)11-13-7-3-1-4-8-13/h1-10,17H,11-12H2. The maximum atomic E-state index is 14.7. The Morgan fingerprint density at radius 1 is 0.882 bits per heavy atom. The molecule has 1 atom stereocenters. The molecule has 2 aromatic rings. The number of hydrogen-bond donors (Lipinski definition) is 1. The first kappa shape index (κ1) is 11.8.